The van der Waals surface area contributed by atoms with Gasteiger partial charge in [-0.15, -0.1) is 0 Å². The fourth-order valence-corrected chi connectivity index (χ4v) is 4.80. The van der Waals surface area contributed by atoms with E-state index in [4.69, 9.17) is 14.2 Å². The summed E-state index contributed by atoms with van der Waals surface area (Å²) >= 11 is 0. The molecule has 0 fully saturated rings. The summed E-state index contributed by atoms with van der Waals surface area (Å²) < 4.78 is 15.8. The number of phenolic OH excluding ortho intramolecular Hbond substituents is 1. The number of benzene rings is 2. The third-order valence-corrected chi connectivity index (χ3v) is 6.32. The zero-order chi connectivity index (χ0) is 23.7. The minimum absolute atomic E-state index is 0.0502. The highest BCUT2D eigenvalue weighted by atomic mass is 16.5. The van der Waals surface area contributed by atoms with Crippen molar-refractivity contribution in [2.24, 2.45) is 0 Å². The van der Waals surface area contributed by atoms with E-state index < -0.39 is 11.9 Å². The fraction of sp³-hybridized carbons (Fsp3) is 0.308. The van der Waals surface area contributed by atoms with Crippen LogP contribution in [0.5, 0.6) is 17.2 Å². The SMILES string of the molecule is COC(=O)C1=C(C)NC2=C(C(=O)C[C@@H](c3ccc(OC)c(OC)c3)C2)[C@@H]1c1cccc(O)c1. The molecule has 2 N–H and O–H groups in total. The molecule has 0 unspecified atom stereocenters. The van der Waals surface area contributed by atoms with E-state index in [-0.39, 0.29) is 17.5 Å². The van der Waals surface area contributed by atoms with Crippen LogP contribution in [0.3, 0.4) is 0 Å². The average molecular weight is 450 g/mol. The Morgan fingerprint density at radius 2 is 1.76 bits per heavy atom. The van der Waals surface area contributed by atoms with Gasteiger partial charge in [-0.2, -0.15) is 0 Å². The summed E-state index contributed by atoms with van der Waals surface area (Å²) in [5.74, 6) is 0.0903. The minimum Gasteiger partial charge on any atom is -0.508 e. The molecule has 0 radical (unpaired) electrons. The van der Waals surface area contributed by atoms with Gasteiger partial charge < -0.3 is 24.6 Å². The van der Waals surface area contributed by atoms with Gasteiger partial charge in [0.25, 0.3) is 0 Å². The smallest absolute Gasteiger partial charge is 0.336 e. The molecule has 2 atom stereocenters. The summed E-state index contributed by atoms with van der Waals surface area (Å²) in [4.78, 5) is 26.2. The van der Waals surface area contributed by atoms with Crippen LogP contribution in [0, 0.1) is 0 Å². The number of hydrogen-bond donors (Lipinski definition) is 2. The summed E-state index contributed by atoms with van der Waals surface area (Å²) in [5, 5.41) is 13.4. The summed E-state index contributed by atoms with van der Waals surface area (Å²) in [7, 11) is 4.49. The third kappa shape index (κ3) is 4.06. The van der Waals surface area contributed by atoms with Gasteiger partial charge in [0.2, 0.25) is 0 Å². The molecular formula is C26H27NO6. The molecule has 1 aliphatic carbocycles. The van der Waals surface area contributed by atoms with Gasteiger partial charge in [-0.3, -0.25) is 4.79 Å². The lowest BCUT2D eigenvalue weighted by molar-refractivity contribution is -0.136. The monoisotopic (exact) mass is 449 g/mol. The first-order valence-electron chi connectivity index (χ1n) is 10.7. The predicted molar refractivity (Wildman–Crippen MR) is 122 cm³/mol. The van der Waals surface area contributed by atoms with Crippen LogP contribution in [0.2, 0.25) is 0 Å². The summed E-state index contributed by atoms with van der Waals surface area (Å²) in [6.45, 7) is 1.80. The number of rotatable bonds is 5. The summed E-state index contributed by atoms with van der Waals surface area (Å²) in [6, 6.07) is 12.4. The number of esters is 1. The fourth-order valence-electron chi connectivity index (χ4n) is 4.80. The number of ketones is 1. The maximum Gasteiger partial charge on any atom is 0.336 e. The van der Waals surface area contributed by atoms with Crippen LogP contribution >= 0.6 is 0 Å². The highest BCUT2D eigenvalue weighted by molar-refractivity contribution is 6.04. The van der Waals surface area contributed by atoms with Crippen molar-refractivity contribution in [1.82, 2.24) is 5.32 Å². The molecule has 0 spiro atoms. The molecule has 0 aromatic heterocycles. The Kier molecular flexibility index (Phi) is 6.14. The molecule has 7 heteroatoms. The van der Waals surface area contributed by atoms with Crippen molar-refractivity contribution in [2.75, 3.05) is 21.3 Å². The first-order valence-corrected chi connectivity index (χ1v) is 10.7. The van der Waals surface area contributed by atoms with Gasteiger partial charge in [0.15, 0.2) is 17.3 Å². The number of aromatic hydroxyl groups is 1. The molecule has 2 aliphatic rings. The van der Waals surface area contributed by atoms with Crippen LogP contribution in [0.15, 0.2) is 65.0 Å². The maximum absolute atomic E-state index is 13.5. The minimum atomic E-state index is -0.611. The predicted octanol–water partition coefficient (Wildman–Crippen LogP) is 3.94. The van der Waals surface area contributed by atoms with Gasteiger partial charge >= 0.3 is 5.97 Å². The number of ether oxygens (including phenoxy) is 3. The van der Waals surface area contributed by atoms with Crippen molar-refractivity contribution in [3.8, 4) is 17.2 Å². The van der Waals surface area contributed by atoms with Crippen LogP contribution in [0.1, 0.15) is 42.7 Å². The molecule has 0 saturated carbocycles. The Labute approximate surface area is 192 Å². The van der Waals surface area contributed by atoms with E-state index in [0.717, 1.165) is 11.3 Å². The molecule has 0 saturated heterocycles. The van der Waals surface area contributed by atoms with Gasteiger partial charge in [-0.25, -0.2) is 4.79 Å². The lowest BCUT2D eigenvalue weighted by Crippen LogP contribution is -2.36. The molecule has 0 bridgehead atoms. The Morgan fingerprint density at radius 1 is 1.00 bits per heavy atom. The van der Waals surface area contributed by atoms with E-state index >= 15 is 0 Å². The Balaban J connectivity index is 1.78. The van der Waals surface area contributed by atoms with E-state index in [2.05, 4.69) is 5.32 Å². The van der Waals surface area contributed by atoms with Gasteiger partial charge in [0.1, 0.15) is 5.75 Å². The Hall–Kier alpha value is -3.74. The highest BCUT2D eigenvalue weighted by Gasteiger charge is 2.41. The molecule has 7 nitrogen and oxygen atoms in total. The Bertz CT molecular complexity index is 1180. The van der Waals surface area contributed by atoms with Crippen molar-refractivity contribution >= 4 is 11.8 Å². The van der Waals surface area contributed by atoms with Gasteiger partial charge in [0.05, 0.1) is 26.9 Å². The molecule has 0 amide bonds. The average Bonchev–Trinajstić information content (AvgIpc) is 2.82. The quantitative estimate of drug-likeness (QED) is 0.668. The second kappa shape index (κ2) is 9.02. The Morgan fingerprint density at radius 3 is 2.42 bits per heavy atom. The number of carbonyl (C=O) groups is 2. The van der Waals surface area contributed by atoms with Crippen LogP contribution in [0.4, 0.5) is 0 Å². The van der Waals surface area contributed by atoms with E-state index in [1.165, 1.54) is 7.11 Å². The maximum atomic E-state index is 13.5. The van der Waals surface area contributed by atoms with Crippen molar-refractivity contribution in [2.45, 2.75) is 31.6 Å². The molecule has 1 heterocycles. The van der Waals surface area contributed by atoms with E-state index in [9.17, 15) is 14.7 Å². The lowest BCUT2D eigenvalue weighted by atomic mass is 9.71. The number of allylic oxidation sites excluding steroid dienone is 3. The zero-order valence-corrected chi connectivity index (χ0v) is 19.1. The van der Waals surface area contributed by atoms with Gasteiger partial charge in [-0.1, -0.05) is 18.2 Å². The second-order valence-electron chi connectivity index (χ2n) is 8.22. The van der Waals surface area contributed by atoms with Crippen LogP contribution in [-0.2, 0) is 14.3 Å². The highest BCUT2D eigenvalue weighted by Crippen LogP contribution is 2.46. The van der Waals surface area contributed by atoms with Crippen molar-refractivity contribution in [3.05, 3.63) is 76.1 Å². The normalized spacial score (nSPS) is 20.2. The first-order chi connectivity index (χ1) is 15.9. The standard InChI is InChI=1S/C26H27NO6/c1-14-23(26(30)33-4)24(16-6-5-7-18(28)10-16)25-19(27-14)11-17(12-20(25)29)15-8-9-21(31-2)22(13-15)32-3/h5-10,13,17,24,27-28H,11-12H2,1-4H3/t17-,24+/m0/s1. The van der Waals surface area contributed by atoms with E-state index in [0.29, 0.717) is 46.7 Å². The van der Waals surface area contributed by atoms with Crippen molar-refractivity contribution < 1.29 is 28.9 Å². The number of phenols is 1. The van der Waals surface area contributed by atoms with Gasteiger partial charge in [-0.05, 0) is 54.7 Å². The number of methoxy groups -OCH3 is 3. The van der Waals surface area contributed by atoms with E-state index in [1.54, 1.807) is 39.3 Å². The summed E-state index contributed by atoms with van der Waals surface area (Å²) in [5.41, 5.74) is 3.98. The van der Waals surface area contributed by atoms with E-state index in [1.807, 2.05) is 24.3 Å². The molecule has 2 aromatic rings. The number of Topliss-reactive ketones (excluding diaryl/α,β-unsaturated/α-hetero) is 1. The van der Waals surface area contributed by atoms with Crippen molar-refractivity contribution in [3.63, 3.8) is 0 Å². The molecule has 2 aromatic carbocycles. The van der Waals surface area contributed by atoms with Gasteiger partial charge in [0, 0.05) is 29.3 Å². The van der Waals surface area contributed by atoms with Crippen LogP contribution in [0.25, 0.3) is 0 Å². The molecule has 1 aliphatic heterocycles. The molecule has 172 valence electrons. The number of nitrogens with one attached hydrogen (secondary N) is 1. The number of dihydropyridines is 1. The molecule has 33 heavy (non-hydrogen) atoms. The number of hydrogen-bond acceptors (Lipinski definition) is 7. The molecular weight excluding hydrogens is 422 g/mol. The topological polar surface area (TPSA) is 94.1 Å². The molecule has 4 rings (SSSR count). The first kappa shape index (κ1) is 22.5. The van der Waals surface area contributed by atoms with Crippen LogP contribution in [-0.4, -0.2) is 38.2 Å². The largest absolute Gasteiger partial charge is 0.508 e. The second-order valence-corrected chi connectivity index (χ2v) is 8.22. The summed E-state index contributed by atoms with van der Waals surface area (Å²) in [6.07, 6.45) is 0.885. The lowest BCUT2D eigenvalue weighted by Gasteiger charge is -2.36. The zero-order valence-electron chi connectivity index (χ0n) is 19.1. The van der Waals surface area contributed by atoms with Crippen LogP contribution < -0.4 is 14.8 Å². The van der Waals surface area contributed by atoms with Crippen molar-refractivity contribution in [1.29, 1.82) is 0 Å². The third-order valence-electron chi connectivity index (χ3n) is 6.32. The number of carbonyl (C=O) groups excluding carboxylic acids is 2.